The van der Waals surface area contributed by atoms with Crippen molar-refractivity contribution < 1.29 is 14.3 Å². The van der Waals surface area contributed by atoms with Gasteiger partial charge in [-0.25, -0.2) is 4.98 Å². The fourth-order valence-electron chi connectivity index (χ4n) is 4.04. The molecule has 0 aliphatic carbocycles. The number of nitrogens with zero attached hydrogens (tertiary/aromatic N) is 5. The average molecular weight is 504 g/mol. The number of carbonyl (C=O) groups is 2. The quantitative estimate of drug-likeness (QED) is 0.402. The number of aromatic nitrogens is 4. The van der Waals surface area contributed by atoms with Gasteiger partial charge in [-0.15, -0.1) is 0 Å². The molecule has 0 spiro atoms. The highest BCUT2D eigenvalue weighted by Crippen LogP contribution is 2.29. The molecule has 2 amide bonds. The standard InChI is InChI=1S/C25H25N7O3S/c1-15-23(25(36-31-15)30-21-14-26-18-6-3-4-7-19(18)27-21)24(34)29-20-8-5-9-22(28-20)35-17-10-12-32(13-11-17)16(2)33/h3-9,14,17H,10-13H2,1-2H3,(H,27,30)(H,28,29,34). The number of hydrogen-bond donors (Lipinski definition) is 2. The third-order valence-electron chi connectivity index (χ3n) is 5.92. The number of amides is 2. The van der Waals surface area contributed by atoms with Gasteiger partial charge in [-0.3, -0.25) is 14.6 Å². The molecule has 5 rings (SSSR count). The summed E-state index contributed by atoms with van der Waals surface area (Å²) >= 11 is 1.18. The first-order valence-electron chi connectivity index (χ1n) is 11.6. The topological polar surface area (TPSA) is 122 Å². The van der Waals surface area contributed by atoms with E-state index in [1.165, 1.54) is 11.5 Å². The number of hydrogen-bond acceptors (Lipinski definition) is 9. The van der Waals surface area contributed by atoms with Crippen LogP contribution in [0.5, 0.6) is 5.88 Å². The van der Waals surface area contributed by atoms with Gasteiger partial charge in [-0.2, -0.15) is 9.36 Å². The van der Waals surface area contributed by atoms with Crippen LogP contribution < -0.4 is 15.4 Å². The number of rotatable bonds is 6. The Bertz CT molecular complexity index is 1420. The maximum Gasteiger partial charge on any atom is 0.261 e. The maximum absolute atomic E-state index is 13.2. The van der Waals surface area contributed by atoms with Crippen LogP contribution in [0.2, 0.25) is 0 Å². The van der Waals surface area contributed by atoms with Crippen molar-refractivity contribution in [3.63, 3.8) is 0 Å². The SMILES string of the molecule is CC(=O)N1CCC(Oc2cccc(NC(=O)c3c(C)nsc3Nc3cnc4ccccc4n3)n2)CC1. The second-order valence-corrected chi connectivity index (χ2v) is 9.25. The molecule has 0 unspecified atom stereocenters. The number of ether oxygens (including phenoxy) is 1. The predicted octanol–water partition coefficient (Wildman–Crippen LogP) is 4.18. The van der Waals surface area contributed by atoms with Crippen LogP contribution in [0.25, 0.3) is 11.0 Å². The molecule has 0 bridgehead atoms. The van der Waals surface area contributed by atoms with E-state index in [4.69, 9.17) is 4.74 Å². The lowest BCUT2D eigenvalue weighted by Crippen LogP contribution is -2.40. The van der Waals surface area contributed by atoms with E-state index in [9.17, 15) is 9.59 Å². The smallest absolute Gasteiger partial charge is 0.261 e. The number of benzene rings is 1. The molecule has 184 valence electrons. The number of pyridine rings is 1. The van der Waals surface area contributed by atoms with Crippen molar-refractivity contribution in [2.24, 2.45) is 0 Å². The predicted molar refractivity (Wildman–Crippen MR) is 138 cm³/mol. The number of piperidine rings is 1. The van der Waals surface area contributed by atoms with Crippen molar-refractivity contribution in [3.8, 4) is 5.88 Å². The van der Waals surface area contributed by atoms with Gasteiger partial charge in [0.05, 0.1) is 28.5 Å². The van der Waals surface area contributed by atoms with Crippen LogP contribution in [0.1, 0.15) is 35.8 Å². The van der Waals surface area contributed by atoms with E-state index in [0.717, 1.165) is 23.9 Å². The summed E-state index contributed by atoms with van der Waals surface area (Å²) in [4.78, 5) is 40.0. The van der Waals surface area contributed by atoms with Gasteiger partial charge < -0.3 is 20.3 Å². The molecular formula is C25H25N7O3S. The lowest BCUT2D eigenvalue weighted by atomic mass is 10.1. The molecule has 3 aromatic heterocycles. The molecule has 4 aromatic rings. The van der Waals surface area contributed by atoms with Crippen molar-refractivity contribution in [3.05, 3.63) is 59.9 Å². The molecule has 0 radical (unpaired) electrons. The van der Waals surface area contributed by atoms with Gasteiger partial charge in [0.2, 0.25) is 11.8 Å². The largest absolute Gasteiger partial charge is 0.474 e. The third-order valence-corrected chi connectivity index (χ3v) is 6.77. The minimum absolute atomic E-state index is 0.0266. The Morgan fingerprint density at radius 3 is 2.58 bits per heavy atom. The van der Waals surface area contributed by atoms with E-state index in [0.29, 0.717) is 46.9 Å². The number of anilines is 3. The number of fused-ring (bicyclic) bond motifs is 1. The minimum Gasteiger partial charge on any atom is -0.474 e. The highest BCUT2D eigenvalue weighted by molar-refractivity contribution is 7.10. The first kappa shape index (κ1) is 23.6. The maximum atomic E-state index is 13.2. The molecule has 1 saturated heterocycles. The van der Waals surface area contributed by atoms with Gasteiger partial charge in [0.15, 0.2) is 0 Å². The summed E-state index contributed by atoms with van der Waals surface area (Å²) in [6, 6.07) is 12.8. The number of para-hydroxylation sites is 2. The van der Waals surface area contributed by atoms with Gasteiger partial charge in [0.1, 0.15) is 22.7 Å². The number of aryl methyl sites for hydroxylation is 1. The minimum atomic E-state index is -0.336. The normalized spacial score (nSPS) is 14.0. The zero-order valence-electron chi connectivity index (χ0n) is 19.9. The summed E-state index contributed by atoms with van der Waals surface area (Å²) < 4.78 is 10.4. The molecule has 10 nitrogen and oxygen atoms in total. The summed E-state index contributed by atoms with van der Waals surface area (Å²) in [5.74, 6) is 1.07. The zero-order chi connectivity index (χ0) is 25.1. The fraction of sp³-hybridized carbons (Fsp3) is 0.280. The molecule has 0 atom stereocenters. The molecule has 0 saturated carbocycles. The van der Waals surface area contributed by atoms with Gasteiger partial charge in [0, 0.05) is 38.9 Å². The second-order valence-electron chi connectivity index (χ2n) is 8.48. The molecule has 1 aliphatic rings. The van der Waals surface area contributed by atoms with Gasteiger partial charge in [-0.1, -0.05) is 18.2 Å². The van der Waals surface area contributed by atoms with Crippen LogP contribution in [-0.4, -0.2) is 55.2 Å². The van der Waals surface area contributed by atoms with Crippen LogP contribution >= 0.6 is 11.5 Å². The Hall–Kier alpha value is -4.12. The summed E-state index contributed by atoms with van der Waals surface area (Å²) in [6.07, 6.45) is 3.08. The van der Waals surface area contributed by atoms with E-state index in [-0.39, 0.29) is 17.9 Å². The third kappa shape index (κ3) is 5.25. The summed E-state index contributed by atoms with van der Waals surface area (Å²) in [5, 5.41) is 6.59. The van der Waals surface area contributed by atoms with Crippen LogP contribution in [0.3, 0.4) is 0 Å². The summed E-state index contributed by atoms with van der Waals surface area (Å²) in [6.45, 7) is 4.69. The van der Waals surface area contributed by atoms with Crippen molar-refractivity contribution in [2.45, 2.75) is 32.8 Å². The Labute approximate surface area is 211 Å². The molecule has 4 heterocycles. The lowest BCUT2D eigenvalue weighted by molar-refractivity contribution is -0.130. The summed E-state index contributed by atoms with van der Waals surface area (Å²) in [7, 11) is 0. The van der Waals surface area contributed by atoms with Crippen LogP contribution in [-0.2, 0) is 4.79 Å². The van der Waals surface area contributed by atoms with Gasteiger partial charge in [-0.05, 0) is 36.7 Å². The Balaban J connectivity index is 1.27. The monoisotopic (exact) mass is 503 g/mol. The van der Waals surface area contributed by atoms with E-state index in [2.05, 4.69) is 30.0 Å². The molecule has 1 aromatic carbocycles. The van der Waals surface area contributed by atoms with E-state index in [1.54, 1.807) is 38.2 Å². The highest BCUT2D eigenvalue weighted by Gasteiger charge is 2.23. The average Bonchev–Trinajstić information content (AvgIpc) is 3.24. The van der Waals surface area contributed by atoms with Crippen LogP contribution in [0.4, 0.5) is 16.6 Å². The first-order chi connectivity index (χ1) is 17.5. The van der Waals surface area contributed by atoms with E-state index in [1.807, 2.05) is 29.2 Å². The first-order valence-corrected chi connectivity index (χ1v) is 12.4. The van der Waals surface area contributed by atoms with Crippen molar-refractivity contribution in [1.82, 2.24) is 24.2 Å². The van der Waals surface area contributed by atoms with Crippen LogP contribution in [0.15, 0.2) is 48.7 Å². The molecule has 11 heteroatoms. The number of nitrogens with one attached hydrogen (secondary N) is 2. The van der Waals surface area contributed by atoms with Crippen molar-refractivity contribution in [1.29, 1.82) is 0 Å². The molecular weight excluding hydrogens is 478 g/mol. The van der Waals surface area contributed by atoms with Gasteiger partial charge in [0.25, 0.3) is 5.91 Å². The number of likely N-dealkylation sites (tertiary alicyclic amines) is 1. The highest BCUT2D eigenvalue weighted by atomic mass is 32.1. The Kier molecular flexibility index (Phi) is 6.72. The van der Waals surface area contributed by atoms with Crippen molar-refractivity contribution in [2.75, 3.05) is 23.7 Å². The second kappa shape index (κ2) is 10.2. The molecule has 36 heavy (non-hydrogen) atoms. The van der Waals surface area contributed by atoms with Crippen molar-refractivity contribution >= 4 is 51.0 Å². The summed E-state index contributed by atoms with van der Waals surface area (Å²) in [5.41, 5.74) is 2.56. The molecule has 1 fully saturated rings. The zero-order valence-corrected chi connectivity index (χ0v) is 20.7. The number of carbonyl (C=O) groups excluding carboxylic acids is 2. The van der Waals surface area contributed by atoms with Crippen LogP contribution in [0, 0.1) is 6.92 Å². The Morgan fingerprint density at radius 2 is 1.81 bits per heavy atom. The van der Waals surface area contributed by atoms with E-state index >= 15 is 0 Å². The Morgan fingerprint density at radius 1 is 1.03 bits per heavy atom. The molecule has 1 aliphatic heterocycles. The van der Waals surface area contributed by atoms with E-state index < -0.39 is 0 Å². The van der Waals surface area contributed by atoms with Gasteiger partial charge >= 0.3 is 0 Å². The molecule has 2 N–H and O–H groups in total. The fourth-order valence-corrected chi connectivity index (χ4v) is 4.85. The lowest BCUT2D eigenvalue weighted by Gasteiger charge is -2.31.